The standard InChI is InChI=1S/C11H20.2CHNO/c1-2-6-10(5-1)9-11-7-3-4-8-11;2*2-1-3/h10-11H,1-9H2;2*2H. The Hall–Kier alpha value is -1.24. The van der Waals surface area contributed by atoms with Crippen LogP contribution in [0.5, 0.6) is 0 Å². The SMILES string of the molecule is C1CCC(CC2CCCC2)C1.N=C=O.N=C=O. The third-order valence-corrected chi connectivity index (χ3v) is 3.62. The van der Waals surface area contributed by atoms with Gasteiger partial charge < -0.3 is 0 Å². The molecule has 96 valence electrons. The molecule has 0 aromatic heterocycles. The summed E-state index contributed by atoms with van der Waals surface area (Å²) < 4.78 is 0. The first-order valence-electron chi connectivity index (χ1n) is 6.36. The number of hydrogen-bond donors (Lipinski definition) is 2. The van der Waals surface area contributed by atoms with Crippen molar-refractivity contribution in [2.45, 2.75) is 57.8 Å². The van der Waals surface area contributed by atoms with Gasteiger partial charge in [0.1, 0.15) is 0 Å². The minimum atomic E-state index is 0.750. The predicted molar refractivity (Wildman–Crippen MR) is 65.4 cm³/mol. The summed E-state index contributed by atoms with van der Waals surface area (Å²) in [4.78, 5) is 16.7. The average Bonchev–Trinajstić information content (AvgIpc) is 2.94. The van der Waals surface area contributed by atoms with Crippen molar-refractivity contribution in [2.24, 2.45) is 11.8 Å². The van der Waals surface area contributed by atoms with E-state index in [4.69, 9.17) is 20.4 Å². The average molecular weight is 238 g/mol. The Balaban J connectivity index is 0.000000366. The van der Waals surface area contributed by atoms with Crippen LogP contribution in [-0.2, 0) is 9.59 Å². The molecule has 0 radical (unpaired) electrons. The van der Waals surface area contributed by atoms with Crippen LogP contribution in [-0.4, -0.2) is 12.2 Å². The van der Waals surface area contributed by atoms with Crippen LogP contribution in [0, 0.1) is 22.7 Å². The normalized spacial score (nSPS) is 19.3. The van der Waals surface area contributed by atoms with E-state index in [0.29, 0.717) is 0 Å². The predicted octanol–water partition coefficient (Wildman–Crippen LogP) is 3.56. The Morgan fingerprint density at radius 2 is 1.00 bits per heavy atom. The van der Waals surface area contributed by atoms with E-state index in [0.717, 1.165) is 24.0 Å². The quantitative estimate of drug-likeness (QED) is 0.569. The Morgan fingerprint density at radius 3 is 1.24 bits per heavy atom. The summed E-state index contributed by atoms with van der Waals surface area (Å²) in [6.07, 6.45) is 15.4. The molecule has 0 saturated heterocycles. The minimum absolute atomic E-state index is 0.750. The fourth-order valence-electron chi connectivity index (χ4n) is 2.96. The fourth-order valence-corrected chi connectivity index (χ4v) is 2.96. The highest BCUT2D eigenvalue weighted by Gasteiger charge is 2.22. The summed E-state index contributed by atoms with van der Waals surface area (Å²) in [5.74, 6) is 2.27. The summed E-state index contributed by atoms with van der Waals surface area (Å²) in [6.45, 7) is 0. The molecule has 0 amide bonds. The number of carbonyl (C=O) groups excluding carboxylic acids is 2. The molecule has 2 aliphatic carbocycles. The van der Waals surface area contributed by atoms with Crippen molar-refractivity contribution in [1.29, 1.82) is 10.8 Å². The topological polar surface area (TPSA) is 81.8 Å². The molecule has 0 heterocycles. The lowest BCUT2D eigenvalue weighted by atomic mass is 9.92. The smallest absolute Gasteiger partial charge is 0.222 e. The molecule has 0 bridgehead atoms. The molecular formula is C13H22N2O2. The van der Waals surface area contributed by atoms with Crippen LogP contribution in [0.25, 0.3) is 0 Å². The van der Waals surface area contributed by atoms with Gasteiger partial charge in [0, 0.05) is 0 Å². The van der Waals surface area contributed by atoms with Gasteiger partial charge in [0.05, 0.1) is 0 Å². The van der Waals surface area contributed by atoms with Crippen LogP contribution in [0.15, 0.2) is 0 Å². The second-order valence-corrected chi connectivity index (χ2v) is 4.74. The van der Waals surface area contributed by atoms with Crippen molar-refractivity contribution >= 4 is 12.2 Å². The summed E-state index contributed by atoms with van der Waals surface area (Å²) in [7, 11) is 0. The van der Waals surface area contributed by atoms with Gasteiger partial charge in [-0.2, -0.15) is 0 Å². The van der Waals surface area contributed by atoms with E-state index in [9.17, 15) is 0 Å². The van der Waals surface area contributed by atoms with Crippen molar-refractivity contribution < 1.29 is 9.59 Å². The molecule has 0 aromatic carbocycles. The zero-order valence-corrected chi connectivity index (χ0v) is 10.3. The van der Waals surface area contributed by atoms with E-state index in [1.54, 1.807) is 32.1 Å². The van der Waals surface area contributed by atoms with Gasteiger partial charge in [0.25, 0.3) is 0 Å². The molecule has 0 atom stereocenters. The van der Waals surface area contributed by atoms with Crippen LogP contribution >= 0.6 is 0 Å². The Labute approximate surface area is 103 Å². The maximum absolute atomic E-state index is 8.35. The van der Waals surface area contributed by atoms with E-state index in [2.05, 4.69) is 0 Å². The molecule has 2 aliphatic rings. The van der Waals surface area contributed by atoms with Crippen molar-refractivity contribution in [3.05, 3.63) is 0 Å². The van der Waals surface area contributed by atoms with Gasteiger partial charge in [-0.1, -0.05) is 51.4 Å². The molecule has 0 aliphatic heterocycles. The first-order valence-corrected chi connectivity index (χ1v) is 6.36. The summed E-state index contributed by atoms with van der Waals surface area (Å²) in [5, 5.41) is 10.8. The highest BCUT2D eigenvalue weighted by Crippen LogP contribution is 2.36. The molecule has 4 nitrogen and oxygen atoms in total. The highest BCUT2D eigenvalue weighted by molar-refractivity contribution is 5.26. The van der Waals surface area contributed by atoms with Crippen molar-refractivity contribution in [3.8, 4) is 0 Å². The fraction of sp³-hybridized carbons (Fsp3) is 0.846. The van der Waals surface area contributed by atoms with Gasteiger partial charge in [-0.05, 0) is 18.3 Å². The third-order valence-electron chi connectivity index (χ3n) is 3.62. The largest absolute Gasteiger partial charge is 0.231 e. The minimum Gasteiger partial charge on any atom is -0.222 e. The van der Waals surface area contributed by atoms with Crippen LogP contribution in [0.3, 0.4) is 0 Å². The van der Waals surface area contributed by atoms with Crippen molar-refractivity contribution in [3.63, 3.8) is 0 Å². The molecule has 17 heavy (non-hydrogen) atoms. The summed E-state index contributed by atoms with van der Waals surface area (Å²) in [6, 6.07) is 0. The Morgan fingerprint density at radius 1 is 0.765 bits per heavy atom. The monoisotopic (exact) mass is 238 g/mol. The van der Waals surface area contributed by atoms with Gasteiger partial charge in [0.15, 0.2) is 0 Å². The molecule has 2 fully saturated rings. The highest BCUT2D eigenvalue weighted by atomic mass is 16.1. The zero-order chi connectivity index (χ0) is 12.9. The van der Waals surface area contributed by atoms with E-state index < -0.39 is 0 Å². The van der Waals surface area contributed by atoms with Gasteiger partial charge in [-0.3, -0.25) is 0 Å². The first-order chi connectivity index (χ1) is 8.28. The summed E-state index contributed by atoms with van der Waals surface area (Å²) in [5.41, 5.74) is 0. The van der Waals surface area contributed by atoms with Crippen molar-refractivity contribution in [2.75, 3.05) is 0 Å². The second-order valence-electron chi connectivity index (χ2n) is 4.74. The molecule has 2 saturated carbocycles. The van der Waals surface area contributed by atoms with Gasteiger partial charge in [0.2, 0.25) is 12.2 Å². The summed E-state index contributed by atoms with van der Waals surface area (Å²) >= 11 is 0. The third kappa shape index (κ3) is 8.56. The number of rotatable bonds is 2. The molecular weight excluding hydrogens is 216 g/mol. The zero-order valence-electron chi connectivity index (χ0n) is 10.3. The number of nitrogens with one attached hydrogen (secondary N) is 2. The maximum atomic E-state index is 8.35. The molecule has 2 N–H and O–H groups in total. The molecule has 2 rings (SSSR count). The van der Waals surface area contributed by atoms with Gasteiger partial charge >= 0.3 is 0 Å². The maximum Gasteiger partial charge on any atom is 0.231 e. The molecule has 4 heteroatoms. The lowest BCUT2D eigenvalue weighted by Crippen LogP contribution is -2.01. The Bertz CT molecular complexity index is 216. The van der Waals surface area contributed by atoms with Crippen molar-refractivity contribution in [1.82, 2.24) is 0 Å². The first kappa shape index (κ1) is 15.8. The van der Waals surface area contributed by atoms with Crippen LogP contribution in [0.4, 0.5) is 0 Å². The lowest BCUT2D eigenvalue weighted by molar-refractivity contribution is 0.382. The van der Waals surface area contributed by atoms with Gasteiger partial charge in [-0.25, -0.2) is 20.4 Å². The van der Waals surface area contributed by atoms with E-state index in [1.165, 1.54) is 25.7 Å². The molecule has 0 aromatic rings. The van der Waals surface area contributed by atoms with Crippen LogP contribution in [0.1, 0.15) is 57.8 Å². The second kappa shape index (κ2) is 11.3. The van der Waals surface area contributed by atoms with E-state index >= 15 is 0 Å². The Kier molecular flexibility index (Phi) is 10.4. The van der Waals surface area contributed by atoms with E-state index in [-0.39, 0.29) is 0 Å². The van der Waals surface area contributed by atoms with Gasteiger partial charge in [-0.15, -0.1) is 0 Å². The van der Waals surface area contributed by atoms with Crippen LogP contribution in [0.2, 0.25) is 0 Å². The number of hydrogen-bond acceptors (Lipinski definition) is 4. The molecule has 0 spiro atoms. The van der Waals surface area contributed by atoms with E-state index in [1.807, 2.05) is 0 Å². The lowest BCUT2D eigenvalue weighted by Gasteiger charge is -2.13. The van der Waals surface area contributed by atoms with Crippen LogP contribution < -0.4 is 0 Å². The molecule has 0 unspecified atom stereocenters. The number of isocyanates is 2.